The molecule has 6 heteroatoms. The van der Waals surface area contributed by atoms with Gasteiger partial charge >= 0.3 is 0 Å². The summed E-state index contributed by atoms with van der Waals surface area (Å²) in [4.78, 5) is 25.2. The van der Waals surface area contributed by atoms with E-state index in [2.05, 4.69) is 0 Å². The van der Waals surface area contributed by atoms with Gasteiger partial charge in [0.05, 0.1) is 6.10 Å². The normalized spacial score (nSPS) is 53.1. The Labute approximate surface area is 164 Å². The van der Waals surface area contributed by atoms with Crippen molar-refractivity contribution in [3.63, 3.8) is 0 Å². The van der Waals surface area contributed by atoms with Crippen LogP contribution in [0.1, 0.15) is 47.0 Å². The van der Waals surface area contributed by atoms with Crippen LogP contribution in [-0.4, -0.2) is 50.9 Å². The summed E-state index contributed by atoms with van der Waals surface area (Å²) in [6, 6.07) is 0. The Kier molecular flexibility index (Phi) is 3.85. The Bertz CT molecular complexity index is 848. The van der Waals surface area contributed by atoms with Gasteiger partial charge in [0.1, 0.15) is 12.2 Å². The molecule has 0 spiro atoms. The molecular formula is C22H29FO5. The van der Waals surface area contributed by atoms with Crippen molar-refractivity contribution in [2.24, 2.45) is 28.6 Å². The minimum absolute atomic E-state index is 0. The molecule has 0 aromatic rings. The first kappa shape index (κ1) is 19.9. The number of hydrogen-bond acceptors (Lipinski definition) is 5. The lowest BCUT2D eigenvalue weighted by Crippen LogP contribution is -2.72. The second-order valence-electron chi connectivity index (χ2n) is 9.59. The molecule has 4 saturated carbocycles. The van der Waals surface area contributed by atoms with Crippen LogP contribution >= 0.6 is 0 Å². The number of aliphatic hydroxyl groups is 3. The number of aliphatic hydroxyl groups excluding tert-OH is 2. The van der Waals surface area contributed by atoms with Crippen LogP contribution in [0.5, 0.6) is 0 Å². The summed E-state index contributed by atoms with van der Waals surface area (Å²) in [5.41, 5.74) is -5.02. The monoisotopic (exact) mass is 392 g/mol. The molecule has 0 radical (unpaired) electrons. The highest BCUT2D eigenvalue weighted by Crippen LogP contribution is 2.77. The summed E-state index contributed by atoms with van der Waals surface area (Å²) in [5, 5.41) is 32.4. The number of carbonyl (C=O) groups is 2. The van der Waals surface area contributed by atoms with Gasteiger partial charge in [-0.3, -0.25) is 9.59 Å². The van der Waals surface area contributed by atoms with Gasteiger partial charge in [-0.05, 0) is 56.3 Å². The van der Waals surface area contributed by atoms with Crippen LogP contribution in [0.25, 0.3) is 0 Å². The molecule has 5 nitrogen and oxygen atoms in total. The molecule has 8 atom stereocenters. The van der Waals surface area contributed by atoms with Gasteiger partial charge in [0.15, 0.2) is 17.2 Å². The summed E-state index contributed by atoms with van der Waals surface area (Å²) in [6.45, 7) is 2.64. The molecule has 5 aliphatic carbocycles. The molecule has 0 aliphatic heterocycles. The van der Waals surface area contributed by atoms with E-state index in [-0.39, 0.29) is 25.5 Å². The van der Waals surface area contributed by atoms with Crippen molar-refractivity contribution in [3.8, 4) is 0 Å². The van der Waals surface area contributed by atoms with Crippen molar-refractivity contribution >= 4 is 11.6 Å². The van der Waals surface area contributed by atoms with Crippen LogP contribution in [0, 0.1) is 28.6 Å². The number of halogens is 1. The quantitative estimate of drug-likeness (QED) is 0.667. The summed E-state index contributed by atoms with van der Waals surface area (Å²) >= 11 is 0. The highest BCUT2D eigenvalue weighted by atomic mass is 19.1. The maximum Gasteiger partial charge on any atom is 0.190 e. The van der Waals surface area contributed by atoms with E-state index in [4.69, 9.17) is 0 Å². The molecule has 3 N–H and O–H groups in total. The summed E-state index contributed by atoms with van der Waals surface area (Å²) in [6.07, 6.45) is 2.89. The number of fused-ring (bicyclic) bond motifs is 2. The first-order valence-corrected chi connectivity index (χ1v) is 9.77. The lowest BCUT2D eigenvalue weighted by Gasteiger charge is -2.65. The Hall–Kier alpha value is -1.37. The maximum absolute atomic E-state index is 16.8. The summed E-state index contributed by atoms with van der Waals surface area (Å²) in [7, 11) is 0. The number of allylic oxidation sites excluding steroid dienone is 3. The van der Waals surface area contributed by atoms with Gasteiger partial charge in [0.2, 0.25) is 0 Å². The number of carbonyl (C=O) groups excluding carboxylic acids is 2. The molecule has 0 heterocycles. The van der Waals surface area contributed by atoms with Gasteiger partial charge in [-0.2, -0.15) is 0 Å². The molecule has 1 unspecified atom stereocenters. The molecule has 0 amide bonds. The molecule has 5 bridgehead atoms. The number of rotatable bonds is 2. The van der Waals surface area contributed by atoms with Crippen LogP contribution in [0.15, 0.2) is 23.3 Å². The van der Waals surface area contributed by atoms with E-state index in [9.17, 15) is 24.9 Å². The van der Waals surface area contributed by atoms with Crippen molar-refractivity contribution in [1.29, 1.82) is 0 Å². The zero-order chi connectivity index (χ0) is 19.6. The fourth-order valence-electron chi connectivity index (χ4n) is 7.86. The Morgan fingerprint density at radius 3 is 2.61 bits per heavy atom. The minimum atomic E-state index is -1.92. The van der Waals surface area contributed by atoms with Crippen LogP contribution in [0.4, 0.5) is 4.39 Å². The van der Waals surface area contributed by atoms with Crippen LogP contribution < -0.4 is 0 Å². The van der Waals surface area contributed by atoms with E-state index in [0.29, 0.717) is 30.4 Å². The standard InChI is InChI=1S/C21H25FO5.CH4/c1-18-8-16(25)20(22)12-4-3-10-5-11(24)6-14(19(10,20)2)15(7-13(12)18)21(18,27)17(26)9-23;/h5-6,12-13,15-16,23,25,27H,3-4,7-9H2,1-2H3;1H4/t12-,13-,15?,16-,18-,19+,20-,21-;/m0./s1. The van der Waals surface area contributed by atoms with Gasteiger partial charge in [0, 0.05) is 22.7 Å². The molecule has 5 aliphatic rings. The average molecular weight is 392 g/mol. The number of Topliss-reactive ketones (excluding diaryl/α,β-unsaturated/α-hetero) is 1. The van der Waals surface area contributed by atoms with E-state index in [1.165, 1.54) is 12.2 Å². The van der Waals surface area contributed by atoms with E-state index in [0.717, 1.165) is 0 Å². The fraction of sp³-hybridized carbons (Fsp3) is 0.727. The molecule has 0 aromatic heterocycles. The molecule has 0 saturated heterocycles. The van der Waals surface area contributed by atoms with Gasteiger partial charge in [-0.1, -0.05) is 19.9 Å². The molecule has 4 fully saturated rings. The van der Waals surface area contributed by atoms with Gasteiger partial charge in [-0.25, -0.2) is 4.39 Å². The predicted molar refractivity (Wildman–Crippen MR) is 99.9 cm³/mol. The van der Waals surface area contributed by atoms with Crippen molar-refractivity contribution in [1.82, 2.24) is 0 Å². The van der Waals surface area contributed by atoms with Crippen LogP contribution in [0.2, 0.25) is 0 Å². The van der Waals surface area contributed by atoms with E-state index >= 15 is 4.39 Å². The largest absolute Gasteiger partial charge is 0.390 e. The molecular weight excluding hydrogens is 363 g/mol. The van der Waals surface area contributed by atoms with Crippen LogP contribution in [-0.2, 0) is 9.59 Å². The second kappa shape index (κ2) is 5.41. The lowest BCUT2D eigenvalue weighted by molar-refractivity contribution is -0.231. The Morgan fingerprint density at radius 1 is 1.29 bits per heavy atom. The predicted octanol–water partition coefficient (Wildman–Crippen LogP) is 1.90. The average Bonchev–Trinajstić information content (AvgIpc) is 2.81. The van der Waals surface area contributed by atoms with E-state index in [1.54, 1.807) is 13.8 Å². The SMILES string of the molecule is C.C[C@@]12C3=CC(=O)C=C1C1C[C@H]4[C@H](CC3)[C@]2(F)[C@@H](O)C[C@]4(C)[C@@]1(O)C(=O)CO. The number of hydrogen-bond donors (Lipinski definition) is 3. The first-order chi connectivity index (χ1) is 12.6. The first-order valence-electron chi connectivity index (χ1n) is 9.77. The number of ketones is 2. The topological polar surface area (TPSA) is 94.8 Å². The lowest BCUT2D eigenvalue weighted by atomic mass is 9.41. The minimum Gasteiger partial charge on any atom is -0.390 e. The van der Waals surface area contributed by atoms with Crippen LogP contribution in [0.3, 0.4) is 0 Å². The Balaban J connectivity index is 0.00000192. The van der Waals surface area contributed by atoms with Gasteiger partial charge < -0.3 is 15.3 Å². The smallest absolute Gasteiger partial charge is 0.190 e. The highest BCUT2D eigenvalue weighted by molar-refractivity contribution is 6.03. The van der Waals surface area contributed by atoms with Crippen molar-refractivity contribution in [2.75, 3.05) is 6.61 Å². The van der Waals surface area contributed by atoms with Crippen molar-refractivity contribution in [3.05, 3.63) is 23.3 Å². The molecule has 154 valence electrons. The van der Waals surface area contributed by atoms with Crippen molar-refractivity contribution in [2.45, 2.75) is 64.3 Å². The molecule has 28 heavy (non-hydrogen) atoms. The zero-order valence-corrected chi connectivity index (χ0v) is 15.5. The van der Waals surface area contributed by atoms with E-state index < -0.39 is 52.4 Å². The third-order valence-corrected chi connectivity index (χ3v) is 9.08. The number of alkyl halides is 1. The maximum atomic E-state index is 16.8. The third-order valence-electron chi connectivity index (χ3n) is 9.08. The van der Waals surface area contributed by atoms with Gasteiger partial charge in [0.25, 0.3) is 0 Å². The zero-order valence-electron chi connectivity index (χ0n) is 15.5. The fourth-order valence-corrected chi connectivity index (χ4v) is 7.86. The van der Waals surface area contributed by atoms with Crippen molar-refractivity contribution < 1.29 is 29.3 Å². The van der Waals surface area contributed by atoms with E-state index in [1.807, 2.05) is 0 Å². The summed E-state index contributed by atoms with van der Waals surface area (Å²) in [5.74, 6) is -2.49. The molecule has 5 rings (SSSR count). The Morgan fingerprint density at radius 2 is 1.96 bits per heavy atom. The van der Waals surface area contributed by atoms with Gasteiger partial charge in [-0.15, -0.1) is 0 Å². The summed E-state index contributed by atoms with van der Waals surface area (Å²) < 4.78 is 16.8. The highest BCUT2D eigenvalue weighted by Gasteiger charge is 2.81. The second-order valence-corrected chi connectivity index (χ2v) is 9.59. The molecule has 0 aromatic carbocycles. The third kappa shape index (κ3) is 1.67.